The number of hydrogen-bond acceptors (Lipinski definition) is 3. The molecule has 1 atom stereocenters. The Morgan fingerprint density at radius 1 is 1.41 bits per heavy atom. The highest BCUT2D eigenvalue weighted by Crippen LogP contribution is 2.25. The second-order valence-corrected chi connectivity index (χ2v) is 4.87. The summed E-state index contributed by atoms with van der Waals surface area (Å²) in [4.78, 5) is 24.2. The van der Waals surface area contributed by atoms with Crippen LogP contribution in [0.1, 0.15) is 10.9 Å². The normalized spacial score (nSPS) is 16.8. The van der Waals surface area contributed by atoms with Crippen molar-refractivity contribution in [2.45, 2.75) is 5.38 Å². The van der Waals surface area contributed by atoms with Gasteiger partial charge in [0.1, 0.15) is 12.0 Å². The van der Waals surface area contributed by atoms with Gasteiger partial charge in [0.05, 0.1) is 6.54 Å². The van der Waals surface area contributed by atoms with Gasteiger partial charge < -0.3 is 4.74 Å². The minimum Gasteiger partial charge on any atom is -0.447 e. The molecule has 0 spiro atoms. The fourth-order valence-corrected chi connectivity index (χ4v) is 2.03. The summed E-state index contributed by atoms with van der Waals surface area (Å²) in [6.07, 6.45) is -0.627. The van der Waals surface area contributed by atoms with Crippen LogP contribution in [0.2, 0.25) is 0 Å². The zero-order chi connectivity index (χ0) is 12.4. The molecule has 17 heavy (non-hydrogen) atoms. The van der Waals surface area contributed by atoms with Crippen LogP contribution in [0.3, 0.4) is 0 Å². The zero-order valence-corrected chi connectivity index (χ0v) is 11.1. The Balaban J connectivity index is 2.14. The molecule has 1 aliphatic heterocycles. The van der Waals surface area contributed by atoms with Gasteiger partial charge in [0.2, 0.25) is 0 Å². The van der Waals surface area contributed by atoms with Crippen LogP contribution in [0.25, 0.3) is 0 Å². The van der Waals surface area contributed by atoms with Gasteiger partial charge in [-0.1, -0.05) is 28.1 Å². The van der Waals surface area contributed by atoms with Gasteiger partial charge in [-0.2, -0.15) is 0 Å². The topological polar surface area (TPSA) is 46.6 Å². The molecule has 1 aliphatic rings. The molecule has 0 bridgehead atoms. The molecule has 1 saturated heterocycles. The van der Waals surface area contributed by atoms with Gasteiger partial charge in [0.15, 0.2) is 0 Å². The first-order chi connectivity index (χ1) is 8.09. The van der Waals surface area contributed by atoms with Crippen LogP contribution in [0, 0.1) is 0 Å². The molecule has 1 aromatic rings. The van der Waals surface area contributed by atoms with Crippen LogP contribution < -0.4 is 0 Å². The summed E-state index contributed by atoms with van der Waals surface area (Å²) in [7, 11) is 0. The maximum absolute atomic E-state index is 11.9. The van der Waals surface area contributed by atoms with E-state index >= 15 is 0 Å². The number of carbonyl (C=O) groups is 2. The lowest BCUT2D eigenvalue weighted by molar-refractivity contribution is -0.127. The van der Waals surface area contributed by atoms with Crippen molar-refractivity contribution in [2.24, 2.45) is 0 Å². The average molecular weight is 319 g/mol. The van der Waals surface area contributed by atoms with Crippen LogP contribution in [0.5, 0.6) is 0 Å². The summed E-state index contributed by atoms with van der Waals surface area (Å²) >= 11 is 9.33. The van der Waals surface area contributed by atoms with Crippen LogP contribution in [-0.2, 0) is 9.53 Å². The van der Waals surface area contributed by atoms with Crippen molar-refractivity contribution >= 4 is 39.5 Å². The smallest absolute Gasteiger partial charge is 0.416 e. The third kappa shape index (κ3) is 2.61. The number of rotatable bonds is 2. The van der Waals surface area contributed by atoms with Crippen molar-refractivity contribution in [1.29, 1.82) is 0 Å². The van der Waals surface area contributed by atoms with E-state index < -0.39 is 17.4 Å². The summed E-state index contributed by atoms with van der Waals surface area (Å²) < 4.78 is 5.59. The quantitative estimate of drug-likeness (QED) is 0.788. The first kappa shape index (κ1) is 12.4. The molecule has 0 radical (unpaired) electrons. The van der Waals surface area contributed by atoms with Gasteiger partial charge in [-0.25, -0.2) is 9.69 Å². The maximum Gasteiger partial charge on any atom is 0.416 e. The first-order valence-corrected chi connectivity index (χ1v) is 6.20. The Labute approximate surface area is 112 Å². The van der Waals surface area contributed by atoms with E-state index in [0.29, 0.717) is 5.56 Å². The van der Waals surface area contributed by atoms with Gasteiger partial charge >= 0.3 is 6.09 Å². The fraction of sp³-hybridized carbons (Fsp3) is 0.273. The minimum atomic E-state index is -0.867. The summed E-state index contributed by atoms with van der Waals surface area (Å²) in [6.45, 7) is 0.492. The number of nitrogens with zero attached hydrogens (tertiary/aromatic N) is 1. The molecule has 0 unspecified atom stereocenters. The highest BCUT2D eigenvalue weighted by molar-refractivity contribution is 9.10. The number of carbonyl (C=O) groups excluding carboxylic acids is 2. The predicted octanol–water partition coefficient (Wildman–Crippen LogP) is 2.71. The Morgan fingerprint density at radius 3 is 2.59 bits per heavy atom. The van der Waals surface area contributed by atoms with Crippen molar-refractivity contribution < 1.29 is 14.3 Å². The van der Waals surface area contributed by atoms with Crippen LogP contribution in [0.4, 0.5) is 4.79 Å². The van der Waals surface area contributed by atoms with Crippen LogP contribution >= 0.6 is 27.5 Å². The number of cyclic esters (lactones) is 1. The zero-order valence-electron chi connectivity index (χ0n) is 8.73. The molecule has 1 aromatic carbocycles. The molecular weight excluding hydrogens is 309 g/mol. The predicted molar refractivity (Wildman–Crippen MR) is 65.8 cm³/mol. The van der Waals surface area contributed by atoms with Crippen molar-refractivity contribution in [3.63, 3.8) is 0 Å². The van der Waals surface area contributed by atoms with E-state index in [1.165, 1.54) is 0 Å². The standard InChI is InChI=1S/C11H9BrClNO3/c12-8-3-1-7(2-4-8)9(13)10(15)14-5-6-17-11(14)16/h1-4,9H,5-6H2/t9-/m1/s1. The molecule has 0 aliphatic carbocycles. The molecule has 90 valence electrons. The lowest BCUT2D eigenvalue weighted by Gasteiger charge is -2.15. The van der Waals surface area contributed by atoms with Crippen LogP contribution in [-0.4, -0.2) is 30.1 Å². The molecule has 0 saturated carbocycles. The number of benzene rings is 1. The van der Waals surface area contributed by atoms with E-state index in [4.69, 9.17) is 16.3 Å². The van der Waals surface area contributed by atoms with E-state index in [2.05, 4.69) is 15.9 Å². The van der Waals surface area contributed by atoms with Crippen molar-refractivity contribution in [2.75, 3.05) is 13.2 Å². The van der Waals surface area contributed by atoms with Gasteiger partial charge in [0.25, 0.3) is 5.91 Å². The number of ether oxygens (including phenoxy) is 1. The van der Waals surface area contributed by atoms with Crippen LogP contribution in [0.15, 0.2) is 28.7 Å². The molecule has 4 nitrogen and oxygen atoms in total. The summed E-state index contributed by atoms with van der Waals surface area (Å²) in [5.41, 5.74) is 0.652. The summed E-state index contributed by atoms with van der Waals surface area (Å²) in [6, 6.07) is 7.06. The average Bonchev–Trinajstić information content (AvgIpc) is 2.74. The maximum atomic E-state index is 11.9. The molecule has 6 heteroatoms. The molecule has 1 fully saturated rings. The van der Waals surface area contributed by atoms with E-state index in [1.807, 2.05) is 0 Å². The van der Waals surface area contributed by atoms with Gasteiger partial charge in [-0.05, 0) is 17.7 Å². The first-order valence-electron chi connectivity index (χ1n) is 4.97. The van der Waals surface area contributed by atoms with Crippen molar-refractivity contribution in [3.05, 3.63) is 34.3 Å². The van der Waals surface area contributed by atoms with Gasteiger partial charge in [0, 0.05) is 4.47 Å². The van der Waals surface area contributed by atoms with Gasteiger partial charge in [-0.3, -0.25) is 4.79 Å². The third-order valence-corrected chi connectivity index (χ3v) is 3.37. The number of amides is 2. The lowest BCUT2D eigenvalue weighted by atomic mass is 10.1. The number of hydrogen-bond donors (Lipinski definition) is 0. The molecule has 0 N–H and O–H groups in total. The molecule has 2 rings (SSSR count). The number of imide groups is 1. The molecule has 2 amide bonds. The highest BCUT2D eigenvalue weighted by atomic mass is 79.9. The second-order valence-electron chi connectivity index (χ2n) is 3.52. The molecule has 1 heterocycles. The fourth-order valence-electron chi connectivity index (χ4n) is 1.50. The van der Waals surface area contributed by atoms with Gasteiger partial charge in [-0.15, -0.1) is 11.6 Å². The van der Waals surface area contributed by atoms with E-state index in [9.17, 15) is 9.59 Å². The van der Waals surface area contributed by atoms with Crippen molar-refractivity contribution in [1.82, 2.24) is 4.90 Å². The Bertz CT molecular complexity index is 449. The Morgan fingerprint density at radius 2 is 2.06 bits per heavy atom. The van der Waals surface area contributed by atoms with E-state index in [-0.39, 0.29) is 13.2 Å². The molecular formula is C11H9BrClNO3. The number of halogens is 2. The second kappa shape index (κ2) is 5.06. The largest absolute Gasteiger partial charge is 0.447 e. The minimum absolute atomic E-state index is 0.231. The summed E-state index contributed by atoms with van der Waals surface area (Å²) in [5.74, 6) is -0.448. The highest BCUT2D eigenvalue weighted by Gasteiger charge is 2.33. The molecule has 0 aromatic heterocycles. The SMILES string of the molecule is O=C1OCCN1C(=O)[C@H](Cl)c1ccc(Br)cc1. The third-order valence-electron chi connectivity index (χ3n) is 2.41. The van der Waals surface area contributed by atoms with E-state index in [1.54, 1.807) is 24.3 Å². The van der Waals surface area contributed by atoms with E-state index in [0.717, 1.165) is 9.37 Å². The lowest BCUT2D eigenvalue weighted by Crippen LogP contribution is -2.34. The number of alkyl halides is 1. The van der Waals surface area contributed by atoms with Crippen molar-refractivity contribution in [3.8, 4) is 0 Å². The Kier molecular flexibility index (Phi) is 3.69. The Hall–Kier alpha value is -1.07. The summed E-state index contributed by atoms with van der Waals surface area (Å²) in [5, 5.41) is -0.867. The monoisotopic (exact) mass is 317 g/mol.